The predicted molar refractivity (Wildman–Crippen MR) is 161 cm³/mol. The Morgan fingerprint density at radius 1 is 0.611 bits per heavy atom. The molecule has 4 nitrogen and oxygen atoms in total. The second-order valence-electron chi connectivity index (χ2n) is 9.43. The van der Waals surface area contributed by atoms with Gasteiger partial charge < -0.3 is 9.97 Å². The quantitative estimate of drug-likeness (QED) is 0.150. The van der Waals surface area contributed by atoms with Crippen molar-refractivity contribution in [1.29, 1.82) is 0 Å². The maximum Gasteiger partial charge on any atom is 0.0571 e. The van der Waals surface area contributed by atoms with Crippen molar-refractivity contribution >= 4 is 87.9 Å². The minimum absolute atomic E-state index is 1.07. The number of rotatable bonds is 3. The van der Waals surface area contributed by atoms with Gasteiger partial charge in [0.25, 0.3) is 0 Å². The molecule has 0 aliphatic rings. The SMILES string of the molecule is Cc1cc(/C=N/N=C/c2cc(C)c3[nH]c4ccc(Br)cc4c3c2C)c(C)c2c1[nH]c1ccc(Br)cc12. The maximum absolute atomic E-state index is 4.45. The van der Waals surface area contributed by atoms with Crippen molar-refractivity contribution in [3.8, 4) is 0 Å². The topological polar surface area (TPSA) is 56.3 Å². The standard InChI is InChI=1S/C30H24Br2N4/c1-15-9-19(17(3)27-23-11-21(31)5-7-25(23)35-29(15)27)13-33-34-14-20-10-16(2)30-28(18(20)4)24-12-22(32)6-8-26(24)36-30/h5-14,35-36H,1-4H3/b33-13+,34-14+. The lowest BCUT2D eigenvalue weighted by Gasteiger charge is -2.06. The molecule has 178 valence electrons. The molecule has 0 unspecified atom stereocenters. The largest absolute Gasteiger partial charge is 0.354 e. The molecule has 0 fully saturated rings. The van der Waals surface area contributed by atoms with Crippen LogP contribution >= 0.6 is 31.9 Å². The van der Waals surface area contributed by atoms with Gasteiger partial charge in [0.05, 0.1) is 12.4 Å². The molecule has 0 amide bonds. The van der Waals surface area contributed by atoms with E-state index in [1.165, 1.54) is 54.8 Å². The van der Waals surface area contributed by atoms with Crippen molar-refractivity contribution in [3.05, 3.63) is 90.9 Å². The molecule has 0 aliphatic carbocycles. The lowest BCUT2D eigenvalue weighted by atomic mass is 9.99. The number of aromatic amines is 2. The van der Waals surface area contributed by atoms with Crippen molar-refractivity contribution in [3.63, 3.8) is 0 Å². The number of hydrogen-bond donors (Lipinski definition) is 2. The summed E-state index contributed by atoms with van der Waals surface area (Å²) in [6, 6.07) is 17.0. The van der Waals surface area contributed by atoms with E-state index < -0.39 is 0 Å². The van der Waals surface area contributed by atoms with E-state index in [0.717, 1.165) is 31.1 Å². The lowest BCUT2D eigenvalue weighted by molar-refractivity contribution is 1.26. The second kappa shape index (κ2) is 8.71. The number of H-pyrrole nitrogens is 2. The van der Waals surface area contributed by atoms with Crippen molar-refractivity contribution in [2.24, 2.45) is 10.2 Å². The number of nitrogens with one attached hydrogen (secondary N) is 2. The average molecular weight is 600 g/mol. The number of benzene rings is 4. The van der Waals surface area contributed by atoms with Crippen LogP contribution in [-0.4, -0.2) is 22.4 Å². The number of nitrogens with zero attached hydrogens (tertiary/aromatic N) is 2. The molecule has 0 spiro atoms. The fraction of sp³-hybridized carbons (Fsp3) is 0.133. The van der Waals surface area contributed by atoms with Crippen molar-refractivity contribution in [2.45, 2.75) is 27.7 Å². The van der Waals surface area contributed by atoms with Crippen LogP contribution < -0.4 is 0 Å². The maximum atomic E-state index is 4.45. The van der Waals surface area contributed by atoms with E-state index in [1.54, 1.807) is 0 Å². The van der Waals surface area contributed by atoms with E-state index >= 15 is 0 Å². The highest BCUT2D eigenvalue weighted by molar-refractivity contribution is 9.10. The van der Waals surface area contributed by atoms with Crippen LogP contribution in [0, 0.1) is 27.7 Å². The van der Waals surface area contributed by atoms with E-state index in [9.17, 15) is 0 Å². The molecule has 36 heavy (non-hydrogen) atoms. The molecule has 0 saturated heterocycles. The van der Waals surface area contributed by atoms with E-state index in [2.05, 4.69) is 128 Å². The number of hydrogen-bond acceptors (Lipinski definition) is 2. The van der Waals surface area contributed by atoms with Gasteiger partial charge in [-0.2, -0.15) is 10.2 Å². The van der Waals surface area contributed by atoms with Gasteiger partial charge in [-0.1, -0.05) is 31.9 Å². The summed E-state index contributed by atoms with van der Waals surface area (Å²) in [5.41, 5.74) is 11.5. The number of halogens is 2. The Morgan fingerprint density at radius 3 is 1.44 bits per heavy atom. The van der Waals surface area contributed by atoms with Gasteiger partial charge in [0.2, 0.25) is 0 Å². The Labute approximate surface area is 225 Å². The van der Waals surface area contributed by atoms with Gasteiger partial charge in [0, 0.05) is 52.6 Å². The molecule has 6 rings (SSSR count). The van der Waals surface area contributed by atoms with Gasteiger partial charge in [-0.05, 0) is 110 Å². The van der Waals surface area contributed by atoms with Gasteiger partial charge in [-0.3, -0.25) is 0 Å². The third-order valence-corrected chi connectivity index (χ3v) is 8.12. The smallest absolute Gasteiger partial charge is 0.0571 e. The zero-order valence-corrected chi connectivity index (χ0v) is 23.6. The molecule has 2 aromatic heterocycles. The van der Waals surface area contributed by atoms with Gasteiger partial charge in [0.15, 0.2) is 0 Å². The van der Waals surface area contributed by atoms with Crippen LogP contribution in [0.3, 0.4) is 0 Å². The molecular formula is C30H24Br2N4. The third kappa shape index (κ3) is 3.71. The highest BCUT2D eigenvalue weighted by atomic mass is 79.9. The first-order chi connectivity index (χ1) is 17.3. The molecule has 0 aliphatic heterocycles. The van der Waals surface area contributed by atoms with Gasteiger partial charge in [0.1, 0.15) is 0 Å². The van der Waals surface area contributed by atoms with Crippen LogP contribution in [0.5, 0.6) is 0 Å². The molecule has 6 aromatic rings. The Balaban J connectivity index is 1.40. The van der Waals surface area contributed by atoms with Crippen LogP contribution in [0.2, 0.25) is 0 Å². The third-order valence-electron chi connectivity index (χ3n) is 7.13. The number of aromatic nitrogens is 2. The minimum atomic E-state index is 1.07. The molecule has 0 bridgehead atoms. The Hall–Kier alpha value is -3.22. The van der Waals surface area contributed by atoms with E-state index in [4.69, 9.17) is 0 Å². The fourth-order valence-electron chi connectivity index (χ4n) is 5.27. The van der Waals surface area contributed by atoms with Crippen LogP contribution in [0.25, 0.3) is 43.6 Å². The first kappa shape index (κ1) is 23.2. The highest BCUT2D eigenvalue weighted by Gasteiger charge is 2.14. The van der Waals surface area contributed by atoms with Crippen LogP contribution in [0.1, 0.15) is 33.4 Å². The molecule has 0 atom stereocenters. The monoisotopic (exact) mass is 598 g/mol. The van der Waals surface area contributed by atoms with Crippen LogP contribution in [0.15, 0.2) is 67.7 Å². The molecule has 2 N–H and O–H groups in total. The molecule has 0 radical (unpaired) electrons. The number of fused-ring (bicyclic) bond motifs is 6. The Kier molecular flexibility index (Phi) is 5.61. The van der Waals surface area contributed by atoms with Crippen molar-refractivity contribution in [1.82, 2.24) is 9.97 Å². The zero-order valence-electron chi connectivity index (χ0n) is 20.4. The Morgan fingerprint density at radius 2 is 1.03 bits per heavy atom. The summed E-state index contributed by atoms with van der Waals surface area (Å²) < 4.78 is 2.14. The first-order valence-corrected chi connectivity index (χ1v) is 13.4. The van der Waals surface area contributed by atoms with Crippen molar-refractivity contribution < 1.29 is 0 Å². The molecule has 4 aromatic carbocycles. The summed E-state index contributed by atoms with van der Waals surface area (Å²) >= 11 is 7.23. The normalized spacial score (nSPS) is 12.5. The van der Waals surface area contributed by atoms with Gasteiger partial charge in [-0.25, -0.2) is 0 Å². The average Bonchev–Trinajstić information content (AvgIpc) is 3.42. The summed E-state index contributed by atoms with van der Waals surface area (Å²) in [6.07, 6.45) is 3.72. The van der Waals surface area contributed by atoms with Gasteiger partial charge >= 0.3 is 0 Å². The second-order valence-corrected chi connectivity index (χ2v) is 11.3. The summed E-state index contributed by atoms with van der Waals surface area (Å²) in [4.78, 5) is 7.14. The Bertz CT molecular complexity index is 1760. The lowest BCUT2D eigenvalue weighted by Crippen LogP contribution is -1.92. The van der Waals surface area contributed by atoms with Crippen molar-refractivity contribution in [2.75, 3.05) is 0 Å². The highest BCUT2D eigenvalue weighted by Crippen LogP contribution is 2.35. The zero-order chi connectivity index (χ0) is 25.1. The summed E-state index contributed by atoms with van der Waals surface area (Å²) in [6.45, 7) is 8.57. The van der Waals surface area contributed by atoms with Gasteiger partial charge in [-0.15, -0.1) is 0 Å². The molecular weight excluding hydrogens is 576 g/mol. The van der Waals surface area contributed by atoms with E-state index in [-0.39, 0.29) is 0 Å². The van der Waals surface area contributed by atoms with E-state index in [1.807, 2.05) is 12.4 Å². The first-order valence-electron chi connectivity index (χ1n) is 11.8. The van der Waals surface area contributed by atoms with E-state index in [0.29, 0.717) is 0 Å². The molecule has 6 heteroatoms. The predicted octanol–water partition coefficient (Wildman–Crippen LogP) is 9.17. The molecule has 2 heterocycles. The molecule has 0 saturated carbocycles. The van der Waals surface area contributed by atoms with Crippen LogP contribution in [0.4, 0.5) is 0 Å². The minimum Gasteiger partial charge on any atom is -0.354 e. The number of aryl methyl sites for hydroxylation is 4. The summed E-state index contributed by atoms with van der Waals surface area (Å²) in [7, 11) is 0. The summed E-state index contributed by atoms with van der Waals surface area (Å²) in [5.74, 6) is 0. The fourth-order valence-corrected chi connectivity index (χ4v) is 6.00. The summed E-state index contributed by atoms with van der Waals surface area (Å²) in [5, 5.41) is 13.8. The van der Waals surface area contributed by atoms with Crippen LogP contribution in [-0.2, 0) is 0 Å².